The first-order chi connectivity index (χ1) is 10.1. The highest BCUT2D eigenvalue weighted by Crippen LogP contribution is 2.23. The first-order valence-corrected chi connectivity index (χ1v) is 7.61. The van der Waals surface area contributed by atoms with Crippen LogP contribution in [-0.4, -0.2) is 48.5 Å². The van der Waals surface area contributed by atoms with Crippen molar-refractivity contribution >= 4 is 16.6 Å². The first kappa shape index (κ1) is 15.7. The largest absolute Gasteiger partial charge is 0.398 e. The molecule has 0 bridgehead atoms. The van der Waals surface area contributed by atoms with Crippen molar-refractivity contribution in [2.45, 2.75) is 19.9 Å². The summed E-state index contributed by atoms with van der Waals surface area (Å²) < 4.78 is 0. The maximum atomic E-state index is 6.05. The predicted octanol–water partition coefficient (Wildman–Crippen LogP) is 2.59. The summed E-state index contributed by atoms with van der Waals surface area (Å²) in [4.78, 5) is 9.24. The van der Waals surface area contributed by atoms with E-state index >= 15 is 0 Å². The number of fused-ring (bicyclic) bond motifs is 1. The third-order valence-corrected chi connectivity index (χ3v) is 3.68. The minimum Gasteiger partial charge on any atom is -0.398 e. The van der Waals surface area contributed by atoms with E-state index in [-0.39, 0.29) is 0 Å². The lowest BCUT2D eigenvalue weighted by atomic mass is 10.1. The molecule has 4 heteroatoms. The Morgan fingerprint density at radius 3 is 2.62 bits per heavy atom. The molecule has 0 saturated carbocycles. The Labute approximate surface area is 127 Å². The Bertz CT molecular complexity index is 580. The quantitative estimate of drug-likeness (QED) is 0.795. The van der Waals surface area contributed by atoms with Gasteiger partial charge in [-0.3, -0.25) is 9.88 Å². The summed E-state index contributed by atoms with van der Waals surface area (Å²) in [6.45, 7) is 6.39. The Balaban J connectivity index is 2.22. The topological polar surface area (TPSA) is 45.4 Å². The fourth-order valence-electron chi connectivity index (χ4n) is 2.55. The van der Waals surface area contributed by atoms with E-state index in [0.717, 1.165) is 49.2 Å². The van der Waals surface area contributed by atoms with E-state index in [1.165, 1.54) is 5.56 Å². The molecule has 2 aromatic rings. The molecule has 0 unspecified atom stereocenters. The van der Waals surface area contributed by atoms with Crippen LogP contribution in [-0.2, 0) is 6.54 Å². The molecule has 0 fully saturated rings. The van der Waals surface area contributed by atoms with Gasteiger partial charge in [-0.2, -0.15) is 0 Å². The minimum absolute atomic E-state index is 0.803. The number of likely N-dealkylation sites (N-methyl/N-ethyl adjacent to an activating group) is 1. The van der Waals surface area contributed by atoms with Crippen LogP contribution in [0.5, 0.6) is 0 Å². The van der Waals surface area contributed by atoms with Gasteiger partial charge in [-0.1, -0.05) is 13.0 Å². The van der Waals surface area contributed by atoms with Gasteiger partial charge < -0.3 is 10.6 Å². The molecule has 1 heterocycles. The minimum atomic E-state index is 0.803. The zero-order valence-corrected chi connectivity index (χ0v) is 13.3. The molecule has 4 nitrogen and oxygen atoms in total. The number of hydrogen-bond acceptors (Lipinski definition) is 4. The van der Waals surface area contributed by atoms with Crippen molar-refractivity contribution < 1.29 is 0 Å². The number of rotatable bonds is 7. The van der Waals surface area contributed by atoms with Crippen molar-refractivity contribution in [3.63, 3.8) is 0 Å². The van der Waals surface area contributed by atoms with Gasteiger partial charge in [-0.25, -0.2) is 0 Å². The highest BCUT2D eigenvalue weighted by atomic mass is 15.2. The summed E-state index contributed by atoms with van der Waals surface area (Å²) in [5, 5.41) is 1.05. The van der Waals surface area contributed by atoms with Gasteiger partial charge in [-0.05, 0) is 50.8 Å². The van der Waals surface area contributed by atoms with Crippen molar-refractivity contribution in [3.05, 3.63) is 36.0 Å². The zero-order valence-electron chi connectivity index (χ0n) is 13.3. The lowest BCUT2D eigenvalue weighted by Gasteiger charge is -2.24. The molecule has 0 aliphatic carbocycles. The molecule has 0 amide bonds. The summed E-state index contributed by atoms with van der Waals surface area (Å²) in [5.41, 5.74) is 9.14. The smallest absolute Gasteiger partial charge is 0.0767 e. The summed E-state index contributed by atoms with van der Waals surface area (Å²) in [5.74, 6) is 0. The van der Waals surface area contributed by atoms with E-state index in [9.17, 15) is 0 Å². The van der Waals surface area contributed by atoms with Gasteiger partial charge in [0.1, 0.15) is 0 Å². The van der Waals surface area contributed by atoms with Crippen molar-refractivity contribution in [2.24, 2.45) is 0 Å². The average molecular weight is 286 g/mol. The number of anilines is 1. The van der Waals surface area contributed by atoms with Crippen LogP contribution in [0, 0.1) is 0 Å². The molecule has 0 radical (unpaired) electrons. The maximum Gasteiger partial charge on any atom is 0.0767 e. The van der Waals surface area contributed by atoms with Crippen LogP contribution >= 0.6 is 0 Å². The van der Waals surface area contributed by atoms with Crippen molar-refractivity contribution in [1.29, 1.82) is 0 Å². The van der Waals surface area contributed by atoms with Gasteiger partial charge in [0.2, 0.25) is 0 Å². The van der Waals surface area contributed by atoms with Gasteiger partial charge in [0.05, 0.1) is 5.52 Å². The predicted molar refractivity (Wildman–Crippen MR) is 90.3 cm³/mol. The Hall–Kier alpha value is -1.65. The summed E-state index contributed by atoms with van der Waals surface area (Å²) in [6, 6.07) is 8.10. The molecule has 0 spiro atoms. The van der Waals surface area contributed by atoms with Crippen LogP contribution in [0.2, 0.25) is 0 Å². The van der Waals surface area contributed by atoms with Crippen LogP contribution in [0.4, 0.5) is 5.69 Å². The SMILES string of the molecule is CCCN(CCN(C)C)Cc1ccc(N)c2cccnc12. The summed E-state index contributed by atoms with van der Waals surface area (Å²) in [7, 11) is 4.23. The number of nitrogens with two attached hydrogens (primary N) is 1. The second-order valence-electron chi connectivity index (χ2n) is 5.79. The molecule has 2 N–H and O–H groups in total. The molecule has 0 saturated heterocycles. The fourth-order valence-corrected chi connectivity index (χ4v) is 2.55. The highest BCUT2D eigenvalue weighted by molar-refractivity contribution is 5.92. The molecule has 0 aliphatic rings. The molecule has 0 atom stereocenters. The van der Waals surface area contributed by atoms with E-state index < -0.39 is 0 Å². The lowest BCUT2D eigenvalue weighted by Crippen LogP contribution is -2.32. The Kier molecular flexibility index (Phi) is 5.53. The zero-order chi connectivity index (χ0) is 15.2. The van der Waals surface area contributed by atoms with Crippen LogP contribution < -0.4 is 5.73 Å². The van der Waals surface area contributed by atoms with Gasteiger partial charge in [0.15, 0.2) is 0 Å². The second kappa shape index (κ2) is 7.38. The monoisotopic (exact) mass is 286 g/mol. The van der Waals surface area contributed by atoms with Crippen LogP contribution in [0.15, 0.2) is 30.5 Å². The van der Waals surface area contributed by atoms with Gasteiger partial charge in [0, 0.05) is 36.9 Å². The lowest BCUT2D eigenvalue weighted by molar-refractivity contribution is 0.234. The Morgan fingerprint density at radius 2 is 1.90 bits per heavy atom. The summed E-state index contributed by atoms with van der Waals surface area (Å²) >= 11 is 0. The average Bonchev–Trinajstić information content (AvgIpc) is 2.48. The molecule has 1 aromatic heterocycles. The van der Waals surface area contributed by atoms with E-state index in [1.807, 2.05) is 24.4 Å². The van der Waals surface area contributed by atoms with Crippen molar-refractivity contribution in [3.8, 4) is 0 Å². The van der Waals surface area contributed by atoms with E-state index in [4.69, 9.17) is 5.73 Å². The number of hydrogen-bond donors (Lipinski definition) is 1. The second-order valence-corrected chi connectivity index (χ2v) is 5.79. The number of aromatic nitrogens is 1. The molecule has 114 valence electrons. The van der Waals surface area contributed by atoms with Crippen LogP contribution in [0.1, 0.15) is 18.9 Å². The third kappa shape index (κ3) is 4.16. The van der Waals surface area contributed by atoms with Crippen molar-refractivity contribution in [2.75, 3.05) is 39.5 Å². The molecular weight excluding hydrogens is 260 g/mol. The number of benzene rings is 1. The molecule has 21 heavy (non-hydrogen) atoms. The summed E-state index contributed by atoms with van der Waals surface area (Å²) in [6.07, 6.45) is 3.00. The number of nitrogens with zero attached hydrogens (tertiary/aromatic N) is 3. The Morgan fingerprint density at radius 1 is 1.10 bits per heavy atom. The highest BCUT2D eigenvalue weighted by Gasteiger charge is 2.10. The first-order valence-electron chi connectivity index (χ1n) is 7.61. The number of pyridine rings is 1. The standard InChI is InChI=1S/C17H26N4/c1-4-10-21(12-11-20(2)3)13-14-7-8-16(18)15-6-5-9-19-17(14)15/h5-9H,4,10-13,18H2,1-3H3. The van der Waals surface area contributed by atoms with Gasteiger partial charge in [0.25, 0.3) is 0 Å². The number of nitrogen functional groups attached to an aromatic ring is 1. The molecule has 2 rings (SSSR count). The molecule has 0 aliphatic heterocycles. The normalized spacial score (nSPS) is 11.7. The van der Waals surface area contributed by atoms with Crippen LogP contribution in [0.25, 0.3) is 10.9 Å². The molecular formula is C17H26N4. The third-order valence-electron chi connectivity index (χ3n) is 3.68. The van der Waals surface area contributed by atoms with Crippen molar-refractivity contribution in [1.82, 2.24) is 14.8 Å². The van der Waals surface area contributed by atoms with E-state index in [0.29, 0.717) is 0 Å². The van der Waals surface area contributed by atoms with Crippen LogP contribution in [0.3, 0.4) is 0 Å². The van der Waals surface area contributed by atoms with E-state index in [2.05, 4.69) is 41.9 Å². The molecule has 1 aromatic carbocycles. The van der Waals surface area contributed by atoms with E-state index in [1.54, 1.807) is 0 Å². The maximum absolute atomic E-state index is 6.05. The van der Waals surface area contributed by atoms with Gasteiger partial charge in [-0.15, -0.1) is 0 Å². The van der Waals surface area contributed by atoms with Gasteiger partial charge >= 0.3 is 0 Å². The fraction of sp³-hybridized carbons (Fsp3) is 0.471.